The zero-order valence-corrected chi connectivity index (χ0v) is 16.5. The molecule has 0 aliphatic heterocycles. The Morgan fingerprint density at radius 3 is 2.43 bits per heavy atom. The van der Waals surface area contributed by atoms with Crippen molar-refractivity contribution in [2.75, 3.05) is 0 Å². The number of thiazole rings is 1. The number of benzene rings is 1. The van der Waals surface area contributed by atoms with Crippen LogP contribution < -0.4 is 11.1 Å². The molecule has 0 aliphatic carbocycles. The largest absolute Gasteiger partial charge is 0.347 e. The predicted molar refractivity (Wildman–Crippen MR) is 102 cm³/mol. The molecule has 1 amide bonds. The van der Waals surface area contributed by atoms with Crippen molar-refractivity contribution in [2.24, 2.45) is 11.7 Å². The SMILES string of the molecule is CC(NC(=O)C(C)C(C)N)c1nc(-c2ccc(Br)cc2)cs1.Cl. The maximum Gasteiger partial charge on any atom is 0.224 e. The quantitative estimate of drug-likeness (QED) is 0.766. The molecule has 0 spiro atoms. The van der Waals surface area contributed by atoms with Gasteiger partial charge in [0.1, 0.15) is 5.01 Å². The Balaban J connectivity index is 0.00000264. The molecule has 3 atom stereocenters. The summed E-state index contributed by atoms with van der Waals surface area (Å²) in [6.45, 7) is 5.61. The minimum absolute atomic E-state index is 0. The molecule has 4 nitrogen and oxygen atoms in total. The third-order valence-electron chi connectivity index (χ3n) is 3.59. The van der Waals surface area contributed by atoms with Gasteiger partial charge in [0.15, 0.2) is 0 Å². The number of hydrogen-bond acceptors (Lipinski definition) is 4. The molecule has 126 valence electrons. The molecule has 3 N–H and O–H groups in total. The van der Waals surface area contributed by atoms with E-state index in [-0.39, 0.29) is 36.3 Å². The number of nitrogens with two attached hydrogens (primary N) is 1. The van der Waals surface area contributed by atoms with Crippen LogP contribution in [-0.2, 0) is 4.79 Å². The van der Waals surface area contributed by atoms with Crippen molar-refractivity contribution in [3.05, 3.63) is 39.1 Å². The monoisotopic (exact) mass is 417 g/mol. The van der Waals surface area contributed by atoms with Crippen molar-refractivity contribution in [1.82, 2.24) is 10.3 Å². The van der Waals surface area contributed by atoms with E-state index >= 15 is 0 Å². The van der Waals surface area contributed by atoms with Crippen LogP contribution in [0.1, 0.15) is 31.8 Å². The smallest absolute Gasteiger partial charge is 0.224 e. The lowest BCUT2D eigenvalue weighted by molar-refractivity contribution is -0.125. The number of amides is 1. The van der Waals surface area contributed by atoms with Crippen LogP contribution in [0.2, 0.25) is 0 Å². The molecule has 7 heteroatoms. The normalized spacial score (nSPS) is 14.5. The fourth-order valence-electron chi connectivity index (χ4n) is 1.89. The molecule has 23 heavy (non-hydrogen) atoms. The van der Waals surface area contributed by atoms with Crippen LogP contribution in [0.3, 0.4) is 0 Å². The average molecular weight is 419 g/mol. The first-order chi connectivity index (χ1) is 10.4. The number of halogens is 2. The van der Waals surface area contributed by atoms with Crippen LogP contribution in [0.5, 0.6) is 0 Å². The maximum absolute atomic E-state index is 12.1. The summed E-state index contributed by atoms with van der Waals surface area (Å²) in [7, 11) is 0. The molecule has 1 aromatic heterocycles. The van der Waals surface area contributed by atoms with Crippen LogP contribution in [0.25, 0.3) is 11.3 Å². The van der Waals surface area contributed by atoms with Gasteiger partial charge in [-0.15, -0.1) is 23.7 Å². The molecule has 0 radical (unpaired) electrons. The highest BCUT2D eigenvalue weighted by Gasteiger charge is 2.20. The number of carbonyl (C=O) groups excluding carboxylic acids is 1. The van der Waals surface area contributed by atoms with Gasteiger partial charge in [-0.1, -0.05) is 35.0 Å². The molecule has 2 rings (SSSR count). The Morgan fingerprint density at radius 1 is 1.26 bits per heavy atom. The standard InChI is InChI=1S/C16H20BrN3OS.ClH/c1-9(10(2)18)15(21)19-11(3)16-20-14(8-22-16)12-4-6-13(17)7-5-12;/h4-11H,18H2,1-3H3,(H,19,21);1H. The average Bonchev–Trinajstić information content (AvgIpc) is 2.96. The lowest BCUT2D eigenvalue weighted by Gasteiger charge is -2.18. The maximum atomic E-state index is 12.1. The van der Waals surface area contributed by atoms with Gasteiger partial charge in [-0.05, 0) is 26.0 Å². The third kappa shape index (κ3) is 5.28. The van der Waals surface area contributed by atoms with Gasteiger partial charge in [0.2, 0.25) is 5.91 Å². The van der Waals surface area contributed by atoms with Gasteiger partial charge in [0.25, 0.3) is 0 Å². The summed E-state index contributed by atoms with van der Waals surface area (Å²) in [4.78, 5) is 16.7. The van der Waals surface area contributed by atoms with Gasteiger partial charge >= 0.3 is 0 Å². The Morgan fingerprint density at radius 2 is 1.87 bits per heavy atom. The molecule has 1 heterocycles. The summed E-state index contributed by atoms with van der Waals surface area (Å²) >= 11 is 4.97. The van der Waals surface area contributed by atoms with Crippen LogP contribution >= 0.6 is 39.7 Å². The van der Waals surface area contributed by atoms with Crippen LogP contribution in [0.15, 0.2) is 34.1 Å². The third-order valence-corrected chi connectivity index (χ3v) is 5.15. The minimum atomic E-state index is -0.214. The van der Waals surface area contributed by atoms with Gasteiger partial charge < -0.3 is 11.1 Å². The van der Waals surface area contributed by atoms with E-state index in [0.29, 0.717) is 0 Å². The predicted octanol–water partition coefficient (Wildman–Crippen LogP) is 4.15. The second-order valence-electron chi connectivity index (χ2n) is 5.46. The first-order valence-electron chi connectivity index (χ1n) is 7.15. The molecule has 0 fully saturated rings. The second kappa shape index (κ2) is 8.78. The summed E-state index contributed by atoms with van der Waals surface area (Å²) in [5.41, 5.74) is 7.75. The van der Waals surface area contributed by atoms with Crippen LogP contribution in [0.4, 0.5) is 0 Å². The molecule has 0 saturated carbocycles. The first-order valence-corrected chi connectivity index (χ1v) is 8.83. The van der Waals surface area contributed by atoms with Gasteiger partial charge in [0.05, 0.1) is 11.7 Å². The van der Waals surface area contributed by atoms with E-state index in [9.17, 15) is 4.79 Å². The van der Waals surface area contributed by atoms with Gasteiger partial charge in [-0.3, -0.25) is 4.79 Å². The minimum Gasteiger partial charge on any atom is -0.347 e. The number of nitrogens with zero attached hydrogens (tertiary/aromatic N) is 1. The van der Waals surface area contributed by atoms with Crippen molar-refractivity contribution < 1.29 is 4.79 Å². The fraction of sp³-hybridized carbons (Fsp3) is 0.375. The van der Waals surface area contributed by atoms with E-state index in [4.69, 9.17) is 5.73 Å². The highest BCUT2D eigenvalue weighted by atomic mass is 79.9. The first kappa shape index (κ1) is 20.1. The van der Waals surface area contributed by atoms with E-state index in [1.165, 1.54) is 0 Å². The number of hydrogen-bond donors (Lipinski definition) is 2. The Hall–Kier alpha value is -0.950. The van der Waals surface area contributed by atoms with E-state index in [1.807, 2.05) is 50.4 Å². The topological polar surface area (TPSA) is 68.0 Å². The van der Waals surface area contributed by atoms with Gasteiger partial charge in [0, 0.05) is 27.4 Å². The molecule has 0 bridgehead atoms. The fourth-order valence-corrected chi connectivity index (χ4v) is 2.98. The summed E-state index contributed by atoms with van der Waals surface area (Å²) in [6, 6.07) is 7.73. The van der Waals surface area contributed by atoms with E-state index in [1.54, 1.807) is 11.3 Å². The molecule has 2 aromatic rings. The highest BCUT2D eigenvalue weighted by molar-refractivity contribution is 9.10. The van der Waals surface area contributed by atoms with E-state index < -0.39 is 0 Å². The van der Waals surface area contributed by atoms with Crippen molar-refractivity contribution in [3.63, 3.8) is 0 Å². The molecule has 1 aromatic carbocycles. The summed E-state index contributed by atoms with van der Waals surface area (Å²) in [5.74, 6) is -0.253. The second-order valence-corrected chi connectivity index (χ2v) is 7.26. The van der Waals surface area contributed by atoms with E-state index in [2.05, 4.69) is 26.2 Å². The Labute approximate surface area is 155 Å². The van der Waals surface area contributed by atoms with Crippen LogP contribution in [-0.4, -0.2) is 16.9 Å². The number of nitrogens with one attached hydrogen (secondary N) is 1. The summed E-state index contributed by atoms with van der Waals surface area (Å²) in [6.07, 6.45) is 0. The lowest BCUT2D eigenvalue weighted by atomic mass is 10.0. The molecular weight excluding hydrogens is 398 g/mol. The lowest BCUT2D eigenvalue weighted by Crippen LogP contribution is -2.39. The zero-order valence-electron chi connectivity index (χ0n) is 13.2. The summed E-state index contributed by atoms with van der Waals surface area (Å²) < 4.78 is 1.04. The van der Waals surface area contributed by atoms with Crippen molar-refractivity contribution >= 4 is 45.6 Å². The number of carbonyl (C=O) groups is 1. The van der Waals surface area contributed by atoms with E-state index in [0.717, 1.165) is 20.7 Å². The highest BCUT2D eigenvalue weighted by Crippen LogP contribution is 2.26. The van der Waals surface area contributed by atoms with Crippen molar-refractivity contribution in [2.45, 2.75) is 32.9 Å². The molecule has 0 saturated heterocycles. The van der Waals surface area contributed by atoms with Crippen LogP contribution in [0, 0.1) is 5.92 Å². The number of rotatable bonds is 5. The molecular formula is C16H21BrClN3OS. The molecule has 3 unspecified atom stereocenters. The Bertz CT molecular complexity index is 645. The van der Waals surface area contributed by atoms with Crippen molar-refractivity contribution in [1.29, 1.82) is 0 Å². The van der Waals surface area contributed by atoms with Gasteiger partial charge in [-0.2, -0.15) is 0 Å². The molecule has 0 aliphatic rings. The summed E-state index contributed by atoms with van der Waals surface area (Å²) in [5, 5.41) is 5.87. The zero-order chi connectivity index (χ0) is 16.3. The van der Waals surface area contributed by atoms with Gasteiger partial charge in [-0.25, -0.2) is 4.98 Å². The van der Waals surface area contributed by atoms with Crippen molar-refractivity contribution in [3.8, 4) is 11.3 Å². The number of aromatic nitrogens is 1. The Kier molecular flexibility index (Phi) is 7.67.